The number of para-hydroxylation sites is 1. The molecule has 1 fully saturated rings. The highest BCUT2D eigenvalue weighted by atomic mass is 19.1. The highest BCUT2D eigenvalue weighted by molar-refractivity contribution is 5.96. The summed E-state index contributed by atoms with van der Waals surface area (Å²) in [7, 11) is 0. The first kappa shape index (κ1) is 25.1. The van der Waals surface area contributed by atoms with E-state index >= 15 is 0 Å². The Morgan fingerprint density at radius 1 is 1.03 bits per heavy atom. The minimum Gasteiger partial charge on any atom is -0.478 e. The number of carbonyl (C=O) groups is 3. The van der Waals surface area contributed by atoms with Crippen molar-refractivity contribution in [3.63, 3.8) is 0 Å². The normalized spacial score (nSPS) is 16.1. The number of aromatic nitrogens is 1. The molecule has 2 aliphatic rings. The second-order valence-electron chi connectivity index (χ2n) is 8.69. The molecule has 0 saturated carbocycles. The lowest BCUT2D eigenvalue weighted by molar-refractivity contribution is -0.134. The Kier molecular flexibility index (Phi) is 7.74. The Balaban J connectivity index is 0.000000331. The number of fused-ring (bicyclic) bond motifs is 2. The molecule has 2 aliphatic heterocycles. The van der Waals surface area contributed by atoms with Crippen LogP contribution in [0.2, 0.25) is 0 Å². The Morgan fingerprint density at radius 2 is 1.72 bits per heavy atom. The van der Waals surface area contributed by atoms with Crippen LogP contribution in [0.5, 0.6) is 0 Å². The van der Waals surface area contributed by atoms with Gasteiger partial charge in [-0.3, -0.25) is 9.69 Å². The van der Waals surface area contributed by atoms with E-state index in [9.17, 15) is 18.8 Å². The third kappa shape index (κ3) is 5.95. The summed E-state index contributed by atoms with van der Waals surface area (Å²) in [5.41, 5.74) is 3.72. The van der Waals surface area contributed by atoms with Gasteiger partial charge in [0.15, 0.2) is 5.58 Å². The average molecular weight is 496 g/mol. The zero-order valence-electron chi connectivity index (χ0n) is 19.5. The fourth-order valence-electron chi connectivity index (χ4n) is 4.61. The minimum atomic E-state index is -1.26. The fourth-order valence-corrected chi connectivity index (χ4v) is 4.61. The molecule has 1 aromatic heterocycles. The highest BCUT2D eigenvalue weighted by Crippen LogP contribution is 2.33. The SMILES string of the molecule is O=C(CN1CCC(c2noc3cc(F)ccc23)CC1)N1CCc2ccccc21.O=C(O)C=CC(=O)O. The number of amides is 1. The Hall–Kier alpha value is -4.05. The van der Waals surface area contributed by atoms with E-state index in [2.05, 4.69) is 16.1 Å². The van der Waals surface area contributed by atoms with Crippen molar-refractivity contribution in [1.29, 1.82) is 0 Å². The second-order valence-corrected chi connectivity index (χ2v) is 8.69. The number of carboxylic acid groups (broad SMARTS) is 2. The molecule has 2 N–H and O–H groups in total. The van der Waals surface area contributed by atoms with E-state index in [0.717, 1.165) is 55.7 Å². The molecule has 10 heteroatoms. The van der Waals surface area contributed by atoms with Gasteiger partial charge < -0.3 is 19.6 Å². The van der Waals surface area contributed by atoms with Gasteiger partial charge in [-0.05, 0) is 56.1 Å². The number of aliphatic carboxylic acids is 2. The molecule has 3 aromatic rings. The monoisotopic (exact) mass is 495 g/mol. The maximum atomic E-state index is 13.4. The number of carbonyl (C=O) groups excluding carboxylic acids is 1. The molecule has 0 radical (unpaired) electrons. The van der Waals surface area contributed by atoms with E-state index in [4.69, 9.17) is 14.7 Å². The third-order valence-electron chi connectivity index (χ3n) is 6.35. The first-order chi connectivity index (χ1) is 17.3. The summed E-state index contributed by atoms with van der Waals surface area (Å²) < 4.78 is 18.7. The zero-order valence-corrected chi connectivity index (χ0v) is 19.5. The topological polar surface area (TPSA) is 124 Å². The lowest BCUT2D eigenvalue weighted by Gasteiger charge is -2.31. The summed E-state index contributed by atoms with van der Waals surface area (Å²) in [6, 6.07) is 12.7. The first-order valence-electron chi connectivity index (χ1n) is 11.6. The van der Waals surface area contributed by atoms with Crippen LogP contribution < -0.4 is 4.90 Å². The van der Waals surface area contributed by atoms with Crippen molar-refractivity contribution in [2.75, 3.05) is 31.1 Å². The number of hydrogen-bond donors (Lipinski definition) is 2. The van der Waals surface area contributed by atoms with Crippen LogP contribution in [0.1, 0.15) is 30.0 Å². The zero-order chi connectivity index (χ0) is 25.7. The van der Waals surface area contributed by atoms with Crippen molar-refractivity contribution in [2.45, 2.75) is 25.2 Å². The van der Waals surface area contributed by atoms with Gasteiger partial charge in [0.25, 0.3) is 0 Å². The summed E-state index contributed by atoms with van der Waals surface area (Å²) in [6.07, 6.45) is 3.89. The summed E-state index contributed by atoms with van der Waals surface area (Å²) >= 11 is 0. The maximum Gasteiger partial charge on any atom is 0.328 e. The van der Waals surface area contributed by atoms with Crippen LogP contribution in [0.15, 0.2) is 59.1 Å². The van der Waals surface area contributed by atoms with Crippen molar-refractivity contribution in [1.82, 2.24) is 10.1 Å². The number of nitrogens with zero attached hydrogens (tertiary/aromatic N) is 3. The van der Waals surface area contributed by atoms with Crippen LogP contribution in [0, 0.1) is 5.82 Å². The quantitative estimate of drug-likeness (QED) is 0.516. The molecule has 0 atom stereocenters. The number of carboxylic acids is 2. The van der Waals surface area contributed by atoms with Gasteiger partial charge in [0.2, 0.25) is 5.91 Å². The molecule has 9 nitrogen and oxygen atoms in total. The number of rotatable bonds is 5. The number of likely N-dealkylation sites (tertiary alicyclic amines) is 1. The number of anilines is 1. The van der Waals surface area contributed by atoms with Gasteiger partial charge in [0.1, 0.15) is 5.82 Å². The van der Waals surface area contributed by atoms with Crippen LogP contribution in [0.3, 0.4) is 0 Å². The minimum absolute atomic E-state index is 0.172. The smallest absolute Gasteiger partial charge is 0.328 e. The van der Waals surface area contributed by atoms with Crippen LogP contribution in [0.4, 0.5) is 10.1 Å². The second kappa shape index (κ2) is 11.1. The van der Waals surface area contributed by atoms with Crippen LogP contribution >= 0.6 is 0 Å². The maximum absolute atomic E-state index is 13.4. The summed E-state index contributed by atoms with van der Waals surface area (Å²) in [5.74, 6) is -2.37. The first-order valence-corrected chi connectivity index (χ1v) is 11.6. The van der Waals surface area contributed by atoms with Crippen molar-refractivity contribution >= 4 is 34.5 Å². The molecule has 0 spiro atoms. The van der Waals surface area contributed by atoms with Crippen molar-refractivity contribution in [3.05, 3.63) is 71.7 Å². The van der Waals surface area contributed by atoms with Crippen molar-refractivity contribution < 1.29 is 33.5 Å². The lowest BCUT2D eigenvalue weighted by Crippen LogP contribution is -2.42. The van der Waals surface area contributed by atoms with Gasteiger partial charge in [-0.15, -0.1) is 0 Å². The number of hydrogen-bond acceptors (Lipinski definition) is 6. The van der Waals surface area contributed by atoms with Gasteiger partial charge in [-0.2, -0.15) is 0 Å². The third-order valence-corrected chi connectivity index (χ3v) is 6.35. The van der Waals surface area contributed by atoms with Crippen LogP contribution in [-0.2, 0) is 20.8 Å². The molecule has 1 amide bonds. The molecular formula is C26H26FN3O6. The molecule has 0 aliphatic carbocycles. The molecule has 1 saturated heterocycles. The fraction of sp³-hybridized carbons (Fsp3) is 0.308. The Bertz CT molecular complexity index is 1280. The lowest BCUT2D eigenvalue weighted by atomic mass is 9.91. The Labute approximate surface area is 206 Å². The van der Waals surface area contributed by atoms with E-state index in [1.807, 2.05) is 23.1 Å². The van der Waals surface area contributed by atoms with Gasteiger partial charge in [-0.1, -0.05) is 23.4 Å². The highest BCUT2D eigenvalue weighted by Gasteiger charge is 2.29. The van der Waals surface area contributed by atoms with Crippen LogP contribution in [-0.4, -0.2) is 64.3 Å². The number of piperidine rings is 1. The predicted octanol–water partition coefficient (Wildman–Crippen LogP) is 3.45. The van der Waals surface area contributed by atoms with E-state index in [1.54, 1.807) is 6.07 Å². The van der Waals surface area contributed by atoms with E-state index < -0.39 is 11.9 Å². The van der Waals surface area contributed by atoms with Crippen molar-refractivity contribution in [2.24, 2.45) is 0 Å². The average Bonchev–Trinajstić information content (AvgIpc) is 3.48. The molecule has 0 unspecified atom stereocenters. The molecule has 3 heterocycles. The van der Waals surface area contributed by atoms with E-state index in [0.29, 0.717) is 24.3 Å². The van der Waals surface area contributed by atoms with Gasteiger partial charge in [0, 0.05) is 41.8 Å². The molecular weight excluding hydrogens is 469 g/mol. The standard InChI is InChI=1S/C22H22FN3O2.C4H4O4/c23-17-5-6-18-20(13-17)28-24-22(18)16-7-10-25(11-8-16)14-21(27)26-12-9-15-3-1-2-4-19(15)26;5-3(6)1-2-4(7)8/h1-6,13,16H,7-12,14H2;1-2H,(H,5,6)(H,7,8). The van der Waals surface area contributed by atoms with E-state index in [-0.39, 0.29) is 17.6 Å². The summed E-state index contributed by atoms with van der Waals surface area (Å²) in [5, 5.41) is 20.7. The van der Waals surface area contributed by atoms with Gasteiger partial charge in [0.05, 0.1) is 12.2 Å². The number of halogens is 1. The Morgan fingerprint density at radius 3 is 2.42 bits per heavy atom. The molecule has 2 aromatic carbocycles. The largest absolute Gasteiger partial charge is 0.478 e. The van der Waals surface area contributed by atoms with Crippen molar-refractivity contribution in [3.8, 4) is 0 Å². The summed E-state index contributed by atoms with van der Waals surface area (Å²) in [4.78, 5) is 36.1. The molecule has 0 bridgehead atoms. The van der Waals surface area contributed by atoms with E-state index in [1.165, 1.54) is 17.7 Å². The van der Waals surface area contributed by atoms with Gasteiger partial charge >= 0.3 is 11.9 Å². The van der Waals surface area contributed by atoms with Gasteiger partial charge in [-0.25, -0.2) is 14.0 Å². The molecule has 5 rings (SSSR count). The number of benzene rings is 2. The molecule has 188 valence electrons. The molecule has 36 heavy (non-hydrogen) atoms. The summed E-state index contributed by atoms with van der Waals surface area (Å²) in [6.45, 7) is 2.92. The van der Waals surface area contributed by atoms with Crippen LogP contribution in [0.25, 0.3) is 11.0 Å². The predicted molar refractivity (Wildman–Crippen MR) is 129 cm³/mol.